The molecule has 0 aromatic carbocycles. The van der Waals surface area contributed by atoms with Crippen molar-refractivity contribution in [1.29, 1.82) is 0 Å². The molecule has 102 valence electrons. The first-order valence-electron chi connectivity index (χ1n) is 6.83. The van der Waals surface area contributed by atoms with Crippen LogP contribution in [0.15, 0.2) is 17.0 Å². The summed E-state index contributed by atoms with van der Waals surface area (Å²) in [6.45, 7) is 4.87. The predicted molar refractivity (Wildman–Crippen MR) is 69.8 cm³/mol. The standard InChI is InChI=1S/C13H19N5O/c1-10-16-13(17-19-10)4-7-18-9-15-8-12(18)11-2-5-14-6-3-11/h8-9,11,14H,2-7H2,1H3. The van der Waals surface area contributed by atoms with Gasteiger partial charge in [0.15, 0.2) is 5.82 Å². The van der Waals surface area contributed by atoms with Crippen LogP contribution in [0, 0.1) is 6.92 Å². The van der Waals surface area contributed by atoms with E-state index in [-0.39, 0.29) is 0 Å². The number of piperidine rings is 1. The molecule has 0 unspecified atom stereocenters. The maximum Gasteiger partial charge on any atom is 0.223 e. The maximum absolute atomic E-state index is 4.99. The molecule has 1 N–H and O–H groups in total. The summed E-state index contributed by atoms with van der Waals surface area (Å²) in [7, 11) is 0. The summed E-state index contributed by atoms with van der Waals surface area (Å²) in [5.74, 6) is 2.01. The normalized spacial score (nSPS) is 16.9. The van der Waals surface area contributed by atoms with Crippen molar-refractivity contribution in [3.8, 4) is 0 Å². The Kier molecular flexibility index (Phi) is 3.59. The van der Waals surface area contributed by atoms with E-state index in [0.717, 1.165) is 31.9 Å². The molecule has 2 aromatic heterocycles. The lowest BCUT2D eigenvalue weighted by atomic mass is 9.95. The Morgan fingerprint density at radius 2 is 2.26 bits per heavy atom. The van der Waals surface area contributed by atoms with Crippen molar-refractivity contribution in [2.45, 2.75) is 38.6 Å². The number of nitrogens with one attached hydrogen (secondary N) is 1. The Morgan fingerprint density at radius 3 is 3.00 bits per heavy atom. The molecule has 0 radical (unpaired) electrons. The molecule has 0 saturated carbocycles. The molecule has 0 bridgehead atoms. The topological polar surface area (TPSA) is 68.8 Å². The fourth-order valence-corrected chi connectivity index (χ4v) is 2.64. The predicted octanol–water partition coefficient (Wildman–Crippen LogP) is 1.28. The summed E-state index contributed by atoms with van der Waals surface area (Å²) >= 11 is 0. The fraction of sp³-hybridized carbons (Fsp3) is 0.615. The number of hydrogen-bond donors (Lipinski definition) is 1. The highest BCUT2D eigenvalue weighted by Crippen LogP contribution is 2.24. The van der Waals surface area contributed by atoms with Gasteiger partial charge in [-0.3, -0.25) is 0 Å². The average Bonchev–Trinajstić information content (AvgIpc) is 3.06. The molecule has 19 heavy (non-hydrogen) atoms. The highest BCUT2D eigenvalue weighted by atomic mass is 16.5. The van der Waals surface area contributed by atoms with Crippen LogP contribution >= 0.6 is 0 Å². The minimum atomic E-state index is 0.621. The van der Waals surface area contributed by atoms with Crippen LogP contribution in [0.3, 0.4) is 0 Å². The van der Waals surface area contributed by atoms with Gasteiger partial charge in [0.25, 0.3) is 0 Å². The van der Waals surface area contributed by atoms with Crippen LogP contribution in [0.2, 0.25) is 0 Å². The number of aromatic nitrogens is 4. The van der Waals surface area contributed by atoms with Crippen molar-refractivity contribution in [3.63, 3.8) is 0 Å². The summed E-state index contributed by atoms with van der Waals surface area (Å²) in [5.41, 5.74) is 1.33. The number of rotatable bonds is 4. The highest BCUT2D eigenvalue weighted by Gasteiger charge is 2.18. The number of aryl methyl sites for hydroxylation is 3. The molecular weight excluding hydrogens is 242 g/mol. The van der Waals surface area contributed by atoms with E-state index in [1.54, 1.807) is 0 Å². The third kappa shape index (κ3) is 2.84. The Balaban J connectivity index is 1.66. The molecule has 3 rings (SSSR count). The molecule has 1 aliphatic rings. The summed E-state index contributed by atoms with van der Waals surface area (Å²) in [6.07, 6.45) is 7.06. The summed E-state index contributed by atoms with van der Waals surface area (Å²) in [5, 5.41) is 7.32. The molecule has 0 amide bonds. The van der Waals surface area contributed by atoms with E-state index < -0.39 is 0 Å². The first-order chi connectivity index (χ1) is 9.33. The van der Waals surface area contributed by atoms with E-state index in [1.807, 2.05) is 19.4 Å². The van der Waals surface area contributed by atoms with Crippen molar-refractivity contribution >= 4 is 0 Å². The smallest absolute Gasteiger partial charge is 0.223 e. The van der Waals surface area contributed by atoms with E-state index in [9.17, 15) is 0 Å². The van der Waals surface area contributed by atoms with E-state index in [0.29, 0.717) is 11.8 Å². The molecule has 1 aliphatic heterocycles. The van der Waals surface area contributed by atoms with Crippen molar-refractivity contribution in [2.75, 3.05) is 13.1 Å². The van der Waals surface area contributed by atoms with Gasteiger partial charge < -0.3 is 14.4 Å². The lowest BCUT2D eigenvalue weighted by Gasteiger charge is -2.23. The van der Waals surface area contributed by atoms with Crippen LogP contribution in [-0.4, -0.2) is 32.8 Å². The van der Waals surface area contributed by atoms with Crippen molar-refractivity contribution in [1.82, 2.24) is 25.0 Å². The molecule has 0 aliphatic carbocycles. The van der Waals surface area contributed by atoms with Crippen LogP contribution < -0.4 is 5.32 Å². The third-order valence-corrected chi connectivity index (χ3v) is 3.65. The zero-order chi connectivity index (χ0) is 13.1. The molecule has 0 atom stereocenters. The van der Waals surface area contributed by atoms with Crippen LogP contribution in [0.5, 0.6) is 0 Å². The highest BCUT2D eigenvalue weighted by molar-refractivity contribution is 5.08. The molecule has 6 heteroatoms. The third-order valence-electron chi connectivity index (χ3n) is 3.65. The van der Waals surface area contributed by atoms with Crippen LogP contribution in [0.1, 0.15) is 36.2 Å². The minimum absolute atomic E-state index is 0.621. The largest absolute Gasteiger partial charge is 0.340 e. The minimum Gasteiger partial charge on any atom is -0.340 e. The monoisotopic (exact) mass is 261 g/mol. The Morgan fingerprint density at radius 1 is 1.42 bits per heavy atom. The first-order valence-corrected chi connectivity index (χ1v) is 6.83. The zero-order valence-electron chi connectivity index (χ0n) is 11.2. The summed E-state index contributed by atoms with van der Waals surface area (Å²) in [4.78, 5) is 8.52. The van der Waals surface area contributed by atoms with Gasteiger partial charge in [0.2, 0.25) is 5.89 Å². The van der Waals surface area contributed by atoms with Crippen LogP contribution in [0.25, 0.3) is 0 Å². The van der Waals surface area contributed by atoms with Gasteiger partial charge in [0, 0.05) is 37.7 Å². The lowest BCUT2D eigenvalue weighted by Crippen LogP contribution is -2.27. The molecular formula is C13H19N5O. The molecule has 1 fully saturated rings. The number of hydrogen-bond acceptors (Lipinski definition) is 5. The van der Waals surface area contributed by atoms with Gasteiger partial charge in [-0.15, -0.1) is 0 Å². The van der Waals surface area contributed by atoms with E-state index in [1.165, 1.54) is 18.5 Å². The van der Waals surface area contributed by atoms with E-state index in [4.69, 9.17) is 4.52 Å². The SMILES string of the molecule is Cc1nc(CCn2cncc2C2CCNCC2)no1. The second-order valence-electron chi connectivity index (χ2n) is 5.02. The van der Waals surface area contributed by atoms with Gasteiger partial charge in [-0.05, 0) is 25.9 Å². The molecule has 2 aromatic rings. The van der Waals surface area contributed by atoms with Gasteiger partial charge in [0.1, 0.15) is 0 Å². The fourth-order valence-electron chi connectivity index (χ4n) is 2.64. The van der Waals surface area contributed by atoms with Crippen molar-refractivity contribution in [3.05, 3.63) is 29.9 Å². The average molecular weight is 261 g/mol. The number of imidazole rings is 1. The van der Waals surface area contributed by atoms with Crippen molar-refractivity contribution < 1.29 is 4.52 Å². The Bertz CT molecular complexity index is 527. The maximum atomic E-state index is 4.99. The Labute approximate surface area is 112 Å². The molecule has 6 nitrogen and oxygen atoms in total. The van der Waals surface area contributed by atoms with Gasteiger partial charge in [0.05, 0.1) is 6.33 Å². The van der Waals surface area contributed by atoms with Gasteiger partial charge in [-0.1, -0.05) is 5.16 Å². The quantitative estimate of drug-likeness (QED) is 0.898. The molecule has 0 spiro atoms. The van der Waals surface area contributed by atoms with E-state index in [2.05, 4.69) is 25.0 Å². The van der Waals surface area contributed by atoms with Crippen LogP contribution in [-0.2, 0) is 13.0 Å². The van der Waals surface area contributed by atoms with Gasteiger partial charge in [-0.2, -0.15) is 4.98 Å². The van der Waals surface area contributed by atoms with E-state index >= 15 is 0 Å². The summed E-state index contributed by atoms with van der Waals surface area (Å²) < 4.78 is 7.21. The molecule has 3 heterocycles. The second-order valence-corrected chi connectivity index (χ2v) is 5.02. The molecule has 1 saturated heterocycles. The van der Waals surface area contributed by atoms with Crippen LogP contribution in [0.4, 0.5) is 0 Å². The van der Waals surface area contributed by atoms with Gasteiger partial charge >= 0.3 is 0 Å². The summed E-state index contributed by atoms with van der Waals surface area (Å²) in [6, 6.07) is 0. The van der Waals surface area contributed by atoms with Crippen molar-refractivity contribution in [2.24, 2.45) is 0 Å². The second kappa shape index (κ2) is 5.52. The lowest BCUT2D eigenvalue weighted by molar-refractivity contribution is 0.385. The first kappa shape index (κ1) is 12.3. The van der Waals surface area contributed by atoms with Gasteiger partial charge in [-0.25, -0.2) is 4.98 Å². The Hall–Kier alpha value is -1.69. The number of nitrogens with zero attached hydrogens (tertiary/aromatic N) is 4. The zero-order valence-corrected chi connectivity index (χ0v) is 11.2.